The van der Waals surface area contributed by atoms with Crippen LogP contribution < -0.4 is 5.32 Å². The number of rotatable bonds is 4. The van der Waals surface area contributed by atoms with Crippen LogP contribution in [0.1, 0.15) is 25.3 Å². The number of halogens is 1. The standard InChI is InChI=1S/C19H27ClN4O2/c1-2-21-19(22-14-15-5-3-6-16(20)13-15)24-10-8-23(9-11-24)18(25)17-7-4-12-26-17/h3,5-6,13,17H,2,4,7-12,14H2,1H3,(H,21,22). The van der Waals surface area contributed by atoms with Crippen LogP contribution in [0.4, 0.5) is 0 Å². The van der Waals surface area contributed by atoms with E-state index in [1.54, 1.807) is 0 Å². The molecule has 1 unspecified atom stereocenters. The maximum atomic E-state index is 12.5. The van der Waals surface area contributed by atoms with Crippen molar-refractivity contribution in [1.82, 2.24) is 15.1 Å². The van der Waals surface area contributed by atoms with Gasteiger partial charge in [0.1, 0.15) is 6.10 Å². The third-order valence-electron chi connectivity index (χ3n) is 4.73. The van der Waals surface area contributed by atoms with E-state index in [4.69, 9.17) is 21.3 Å². The van der Waals surface area contributed by atoms with Gasteiger partial charge in [0.2, 0.25) is 0 Å². The third kappa shape index (κ3) is 4.89. The van der Waals surface area contributed by atoms with Crippen molar-refractivity contribution in [3.8, 4) is 0 Å². The molecule has 1 aromatic carbocycles. The SMILES string of the molecule is CCNC(=NCc1cccc(Cl)c1)N1CCN(C(=O)C2CCCO2)CC1. The van der Waals surface area contributed by atoms with E-state index in [-0.39, 0.29) is 12.0 Å². The van der Waals surface area contributed by atoms with Gasteiger partial charge in [-0.15, -0.1) is 0 Å². The number of carbonyl (C=O) groups is 1. The Bertz CT molecular complexity index is 638. The molecule has 0 aliphatic carbocycles. The molecule has 0 spiro atoms. The minimum absolute atomic E-state index is 0.142. The van der Waals surface area contributed by atoms with Gasteiger partial charge in [0, 0.05) is 44.4 Å². The molecular formula is C19H27ClN4O2. The molecule has 7 heteroatoms. The average molecular weight is 379 g/mol. The van der Waals surface area contributed by atoms with Crippen LogP contribution in [0.2, 0.25) is 5.02 Å². The van der Waals surface area contributed by atoms with E-state index >= 15 is 0 Å². The van der Waals surface area contributed by atoms with Gasteiger partial charge in [-0.2, -0.15) is 0 Å². The van der Waals surface area contributed by atoms with E-state index in [1.165, 1.54) is 0 Å². The number of ether oxygens (including phenoxy) is 1. The molecule has 0 bridgehead atoms. The molecular weight excluding hydrogens is 352 g/mol. The molecule has 2 fully saturated rings. The Balaban J connectivity index is 1.57. The summed E-state index contributed by atoms with van der Waals surface area (Å²) in [5.41, 5.74) is 1.08. The zero-order valence-corrected chi connectivity index (χ0v) is 16.0. The molecule has 3 rings (SSSR count). The molecule has 6 nitrogen and oxygen atoms in total. The minimum atomic E-state index is -0.230. The average Bonchev–Trinajstić information content (AvgIpc) is 3.19. The van der Waals surface area contributed by atoms with Crippen LogP contribution in [0.15, 0.2) is 29.3 Å². The summed E-state index contributed by atoms with van der Waals surface area (Å²) in [5.74, 6) is 1.03. The number of guanidine groups is 1. The number of nitrogens with one attached hydrogen (secondary N) is 1. The van der Waals surface area contributed by atoms with Crippen molar-refractivity contribution in [2.75, 3.05) is 39.3 Å². The van der Waals surface area contributed by atoms with Crippen molar-refractivity contribution in [2.45, 2.75) is 32.4 Å². The number of aliphatic imine (C=N–C) groups is 1. The van der Waals surface area contributed by atoms with Crippen molar-refractivity contribution < 1.29 is 9.53 Å². The summed E-state index contributed by atoms with van der Waals surface area (Å²) in [6, 6.07) is 7.77. The van der Waals surface area contributed by atoms with E-state index < -0.39 is 0 Å². The second-order valence-corrected chi connectivity index (χ2v) is 7.05. The van der Waals surface area contributed by atoms with Gasteiger partial charge in [0.05, 0.1) is 6.54 Å². The van der Waals surface area contributed by atoms with E-state index in [2.05, 4.69) is 17.1 Å². The summed E-state index contributed by atoms with van der Waals surface area (Å²) in [7, 11) is 0. The van der Waals surface area contributed by atoms with Gasteiger partial charge in [-0.05, 0) is 37.5 Å². The molecule has 2 aliphatic rings. The lowest BCUT2D eigenvalue weighted by Gasteiger charge is -2.37. The predicted octanol–water partition coefficient (Wildman–Crippen LogP) is 2.13. The van der Waals surface area contributed by atoms with E-state index in [0.29, 0.717) is 26.2 Å². The summed E-state index contributed by atoms with van der Waals surface area (Å²) in [4.78, 5) is 21.3. The second-order valence-electron chi connectivity index (χ2n) is 6.61. The Morgan fingerprint density at radius 1 is 1.31 bits per heavy atom. The molecule has 2 heterocycles. The first-order valence-electron chi connectivity index (χ1n) is 9.35. The fourth-order valence-electron chi connectivity index (χ4n) is 3.34. The Labute approximate surface area is 160 Å². The summed E-state index contributed by atoms with van der Waals surface area (Å²) in [5, 5.41) is 4.08. The summed E-state index contributed by atoms with van der Waals surface area (Å²) >= 11 is 6.05. The molecule has 1 N–H and O–H groups in total. The molecule has 0 radical (unpaired) electrons. The first kappa shape index (κ1) is 19.0. The number of benzene rings is 1. The second kappa shape index (κ2) is 9.24. The Morgan fingerprint density at radius 2 is 2.08 bits per heavy atom. The van der Waals surface area contributed by atoms with Gasteiger partial charge < -0.3 is 19.9 Å². The lowest BCUT2D eigenvalue weighted by molar-refractivity contribution is -0.142. The van der Waals surface area contributed by atoms with E-state index in [0.717, 1.165) is 49.0 Å². The molecule has 1 aromatic rings. The topological polar surface area (TPSA) is 57.2 Å². The monoisotopic (exact) mass is 378 g/mol. The highest BCUT2D eigenvalue weighted by molar-refractivity contribution is 6.30. The maximum absolute atomic E-state index is 12.5. The van der Waals surface area contributed by atoms with E-state index in [9.17, 15) is 4.79 Å². The highest BCUT2D eigenvalue weighted by atomic mass is 35.5. The van der Waals surface area contributed by atoms with Crippen LogP contribution in [0, 0.1) is 0 Å². The lowest BCUT2D eigenvalue weighted by Crippen LogP contribution is -2.55. The van der Waals surface area contributed by atoms with Crippen LogP contribution in [0.25, 0.3) is 0 Å². The van der Waals surface area contributed by atoms with Crippen LogP contribution in [-0.4, -0.2) is 67.1 Å². The van der Waals surface area contributed by atoms with Gasteiger partial charge >= 0.3 is 0 Å². The normalized spacial score (nSPS) is 21.2. The molecule has 1 amide bonds. The van der Waals surface area contributed by atoms with Crippen LogP contribution in [-0.2, 0) is 16.1 Å². The van der Waals surface area contributed by atoms with Gasteiger partial charge in [-0.25, -0.2) is 4.99 Å². The number of amides is 1. The molecule has 1 atom stereocenters. The van der Waals surface area contributed by atoms with Gasteiger partial charge in [-0.1, -0.05) is 23.7 Å². The maximum Gasteiger partial charge on any atom is 0.251 e. The minimum Gasteiger partial charge on any atom is -0.368 e. The Hall–Kier alpha value is -1.79. The van der Waals surface area contributed by atoms with Crippen LogP contribution in [0.3, 0.4) is 0 Å². The van der Waals surface area contributed by atoms with Crippen molar-refractivity contribution in [1.29, 1.82) is 0 Å². The van der Waals surface area contributed by atoms with Crippen LogP contribution in [0.5, 0.6) is 0 Å². The smallest absolute Gasteiger partial charge is 0.251 e. The van der Waals surface area contributed by atoms with Crippen molar-refractivity contribution in [3.63, 3.8) is 0 Å². The number of piperazine rings is 1. The summed E-state index contributed by atoms with van der Waals surface area (Å²) in [6.45, 7) is 7.13. The highest BCUT2D eigenvalue weighted by Crippen LogP contribution is 2.16. The van der Waals surface area contributed by atoms with Crippen LogP contribution >= 0.6 is 11.6 Å². The van der Waals surface area contributed by atoms with Gasteiger partial charge in [-0.3, -0.25) is 4.79 Å². The zero-order chi connectivity index (χ0) is 18.4. The van der Waals surface area contributed by atoms with E-state index in [1.807, 2.05) is 29.2 Å². The molecule has 0 aromatic heterocycles. The molecule has 142 valence electrons. The Kier molecular flexibility index (Phi) is 6.74. The fourth-order valence-corrected chi connectivity index (χ4v) is 3.55. The van der Waals surface area contributed by atoms with Gasteiger partial charge in [0.15, 0.2) is 5.96 Å². The van der Waals surface area contributed by atoms with Crippen molar-refractivity contribution in [3.05, 3.63) is 34.9 Å². The molecule has 26 heavy (non-hydrogen) atoms. The number of hydrogen-bond acceptors (Lipinski definition) is 3. The largest absolute Gasteiger partial charge is 0.368 e. The number of carbonyl (C=O) groups excluding carboxylic acids is 1. The zero-order valence-electron chi connectivity index (χ0n) is 15.3. The lowest BCUT2D eigenvalue weighted by atomic mass is 10.2. The molecule has 2 aliphatic heterocycles. The molecule has 2 saturated heterocycles. The number of nitrogens with zero attached hydrogens (tertiary/aromatic N) is 3. The first-order valence-corrected chi connectivity index (χ1v) is 9.73. The predicted molar refractivity (Wildman–Crippen MR) is 103 cm³/mol. The quantitative estimate of drug-likeness (QED) is 0.644. The fraction of sp³-hybridized carbons (Fsp3) is 0.579. The number of hydrogen-bond donors (Lipinski definition) is 1. The van der Waals surface area contributed by atoms with Crippen molar-refractivity contribution in [2.24, 2.45) is 4.99 Å². The third-order valence-corrected chi connectivity index (χ3v) is 4.97. The van der Waals surface area contributed by atoms with Crippen molar-refractivity contribution >= 4 is 23.5 Å². The summed E-state index contributed by atoms with van der Waals surface area (Å²) < 4.78 is 5.53. The molecule has 0 saturated carbocycles. The Morgan fingerprint density at radius 3 is 2.73 bits per heavy atom. The highest BCUT2D eigenvalue weighted by Gasteiger charge is 2.30. The van der Waals surface area contributed by atoms with Gasteiger partial charge in [0.25, 0.3) is 5.91 Å². The first-order chi connectivity index (χ1) is 12.7. The summed E-state index contributed by atoms with van der Waals surface area (Å²) in [6.07, 6.45) is 1.60.